The summed E-state index contributed by atoms with van der Waals surface area (Å²) in [6, 6.07) is 8.64. The number of hydrogen-bond acceptors (Lipinski definition) is 2. The summed E-state index contributed by atoms with van der Waals surface area (Å²) in [4.78, 5) is 0. The van der Waals surface area contributed by atoms with Crippen LogP contribution in [-0.4, -0.2) is 17.8 Å². The zero-order chi connectivity index (χ0) is 9.10. The van der Waals surface area contributed by atoms with Gasteiger partial charge in [-0.05, 0) is 12.5 Å². The van der Waals surface area contributed by atoms with Gasteiger partial charge in [-0.2, -0.15) is 5.10 Å². The van der Waals surface area contributed by atoms with Crippen LogP contribution in [0.3, 0.4) is 0 Å². The number of benzene rings is 1. The molecule has 0 fully saturated rings. The molecule has 0 saturated heterocycles. The lowest BCUT2D eigenvalue weighted by atomic mass is 10.1. The zero-order valence-electron chi connectivity index (χ0n) is 7.90. The first kappa shape index (κ1) is 8.30. The molecule has 0 N–H and O–H groups in total. The highest BCUT2D eigenvalue weighted by molar-refractivity contribution is 5.58. The molecule has 13 heavy (non-hydrogen) atoms. The molecular formula is C11H14N2. The van der Waals surface area contributed by atoms with Gasteiger partial charge in [-0.25, -0.2) is 0 Å². The Labute approximate surface area is 78.9 Å². The largest absolute Gasteiger partial charge is 0.293 e. The van der Waals surface area contributed by atoms with Crippen molar-refractivity contribution < 1.29 is 0 Å². The molecule has 0 bridgehead atoms. The lowest BCUT2D eigenvalue weighted by molar-refractivity contribution is 0.310. The van der Waals surface area contributed by atoms with E-state index in [9.17, 15) is 0 Å². The van der Waals surface area contributed by atoms with E-state index in [2.05, 4.69) is 41.3 Å². The second-order valence-corrected chi connectivity index (χ2v) is 3.46. The standard InChI is InChI=1S/C11H14N2/c1-10-3-5-11(6-4-10)9-13-8-2-7-12-13/h3-7H,2,8-9H2,1H3. The van der Waals surface area contributed by atoms with Gasteiger partial charge in [-0.3, -0.25) is 5.01 Å². The highest BCUT2D eigenvalue weighted by Crippen LogP contribution is 2.09. The number of aryl methyl sites for hydroxylation is 1. The Hall–Kier alpha value is -1.31. The van der Waals surface area contributed by atoms with Gasteiger partial charge in [-0.15, -0.1) is 0 Å². The topological polar surface area (TPSA) is 15.6 Å². The van der Waals surface area contributed by atoms with E-state index in [1.54, 1.807) is 0 Å². The van der Waals surface area contributed by atoms with Crippen molar-refractivity contribution in [2.24, 2.45) is 5.10 Å². The van der Waals surface area contributed by atoms with Crippen LogP contribution in [-0.2, 0) is 6.54 Å². The quantitative estimate of drug-likeness (QED) is 0.671. The minimum atomic E-state index is 0.941. The molecule has 2 rings (SSSR count). The van der Waals surface area contributed by atoms with Crippen LogP contribution in [0, 0.1) is 6.92 Å². The summed E-state index contributed by atoms with van der Waals surface area (Å²) < 4.78 is 0. The van der Waals surface area contributed by atoms with E-state index in [4.69, 9.17) is 0 Å². The van der Waals surface area contributed by atoms with Crippen molar-refractivity contribution in [2.45, 2.75) is 19.9 Å². The van der Waals surface area contributed by atoms with E-state index in [1.165, 1.54) is 11.1 Å². The molecular weight excluding hydrogens is 160 g/mol. The number of rotatable bonds is 2. The maximum Gasteiger partial charge on any atom is 0.0610 e. The second-order valence-electron chi connectivity index (χ2n) is 3.46. The van der Waals surface area contributed by atoms with Crippen LogP contribution in [0.2, 0.25) is 0 Å². The molecule has 2 heteroatoms. The van der Waals surface area contributed by atoms with Crippen molar-refractivity contribution in [1.29, 1.82) is 0 Å². The normalized spacial score (nSPS) is 15.3. The third-order valence-electron chi connectivity index (χ3n) is 2.25. The Morgan fingerprint density at radius 3 is 2.69 bits per heavy atom. The molecule has 2 nitrogen and oxygen atoms in total. The monoisotopic (exact) mass is 174 g/mol. The number of hydrazone groups is 1. The summed E-state index contributed by atoms with van der Waals surface area (Å²) in [6.45, 7) is 4.11. The van der Waals surface area contributed by atoms with Crippen LogP contribution >= 0.6 is 0 Å². The molecule has 0 aromatic heterocycles. The van der Waals surface area contributed by atoms with Crippen LogP contribution in [0.15, 0.2) is 29.4 Å². The predicted octanol–water partition coefficient (Wildman–Crippen LogP) is 2.19. The van der Waals surface area contributed by atoms with Gasteiger partial charge < -0.3 is 0 Å². The molecule has 0 saturated carbocycles. The molecule has 0 radical (unpaired) electrons. The van der Waals surface area contributed by atoms with Gasteiger partial charge in [0.2, 0.25) is 0 Å². The summed E-state index contributed by atoms with van der Waals surface area (Å²) in [6.07, 6.45) is 3.07. The average Bonchev–Trinajstić information content (AvgIpc) is 2.62. The minimum Gasteiger partial charge on any atom is -0.293 e. The molecule has 1 aromatic carbocycles. The Balaban J connectivity index is 2.01. The fraction of sp³-hybridized carbons (Fsp3) is 0.364. The fourth-order valence-electron chi connectivity index (χ4n) is 1.46. The lowest BCUT2D eigenvalue weighted by Crippen LogP contribution is -2.13. The highest BCUT2D eigenvalue weighted by Gasteiger charge is 2.05. The van der Waals surface area contributed by atoms with Crippen LogP contribution in [0.1, 0.15) is 17.5 Å². The average molecular weight is 174 g/mol. The van der Waals surface area contributed by atoms with Crippen molar-refractivity contribution in [3.05, 3.63) is 35.4 Å². The second kappa shape index (κ2) is 3.60. The van der Waals surface area contributed by atoms with Crippen molar-refractivity contribution in [3.63, 3.8) is 0 Å². The molecule has 0 unspecified atom stereocenters. The molecule has 1 heterocycles. The van der Waals surface area contributed by atoms with Gasteiger partial charge >= 0.3 is 0 Å². The van der Waals surface area contributed by atoms with Gasteiger partial charge in [0.15, 0.2) is 0 Å². The van der Waals surface area contributed by atoms with Crippen LogP contribution in [0.25, 0.3) is 0 Å². The first-order valence-electron chi connectivity index (χ1n) is 4.67. The Kier molecular flexibility index (Phi) is 2.30. The van der Waals surface area contributed by atoms with Crippen LogP contribution < -0.4 is 0 Å². The predicted molar refractivity (Wildman–Crippen MR) is 54.7 cm³/mol. The molecule has 1 aliphatic rings. The highest BCUT2D eigenvalue weighted by atomic mass is 15.5. The van der Waals surface area contributed by atoms with Gasteiger partial charge in [0, 0.05) is 19.2 Å². The SMILES string of the molecule is Cc1ccc(CN2CCC=N2)cc1. The summed E-state index contributed by atoms with van der Waals surface area (Å²) in [5.41, 5.74) is 2.65. The molecule has 0 spiro atoms. The van der Waals surface area contributed by atoms with E-state index in [0.29, 0.717) is 0 Å². The first-order valence-corrected chi connectivity index (χ1v) is 4.67. The molecule has 68 valence electrons. The van der Waals surface area contributed by atoms with Gasteiger partial charge in [0.05, 0.1) is 6.54 Å². The summed E-state index contributed by atoms with van der Waals surface area (Å²) >= 11 is 0. The van der Waals surface area contributed by atoms with Gasteiger partial charge in [0.1, 0.15) is 0 Å². The molecule has 0 amide bonds. The molecule has 0 aliphatic carbocycles. The van der Waals surface area contributed by atoms with Gasteiger partial charge in [0.25, 0.3) is 0 Å². The van der Waals surface area contributed by atoms with E-state index < -0.39 is 0 Å². The third-order valence-corrected chi connectivity index (χ3v) is 2.25. The minimum absolute atomic E-state index is 0.941. The van der Waals surface area contributed by atoms with E-state index in [0.717, 1.165) is 19.5 Å². The molecule has 1 aromatic rings. The molecule has 0 atom stereocenters. The fourth-order valence-corrected chi connectivity index (χ4v) is 1.46. The van der Waals surface area contributed by atoms with Crippen molar-refractivity contribution in [1.82, 2.24) is 5.01 Å². The van der Waals surface area contributed by atoms with Crippen LogP contribution in [0.5, 0.6) is 0 Å². The zero-order valence-corrected chi connectivity index (χ0v) is 7.90. The van der Waals surface area contributed by atoms with Crippen molar-refractivity contribution >= 4 is 6.21 Å². The summed E-state index contributed by atoms with van der Waals surface area (Å²) in [5.74, 6) is 0. The summed E-state index contributed by atoms with van der Waals surface area (Å²) in [7, 11) is 0. The maximum atomic E-state index is 4.26. The van der Waals surface area contributed by atoms with Crippen molar-refractivity contribution in [2.75, 3.05) is 6.54 Å². The number of nitrogens with zero attached hydrogens (tertiary/aromatic N) is 2. The van der Waals surface area contributed by atoms with Crippen molar-refractivity contribution in [3.8, 4) is 0 Å². The Bertz CT molecular complexity index is 300. The van der Waals surface area contributed by atoms with E-state index in [1.807, 2.05) is 6.21 Å². The van der Waals surface area contributed by atoms with Gasteiger partial charge in [-0.1, -0.05) is 29.8 Å². The van der Waals surface area contributed by atoms with E-state index >= 15 is 0 Å². The smallest absolute Gasteiger partial charge is 0.0610 e. The number of hydrogen-bond donors (Lipinski definition) is 0. The third kappa shape index (κ3) is 2.08. The molecule has 1 aliphatic heterocycles. The summed E-state index contributed by atoms with van der Waals surface area (Å²) in [5, 5.41) is 6.36. The Morgan fingerprint density at radius 2 is 2.08 bits per heavy atom. The van der Waals surface area contributed by atoms with E-state index in [-0.39, 0.29) is 0 Å². The van der Waals surface area contributed by atoms with Crippen LogP contribution in [0.4, 0.5) is 0 Å². The lowest BCUT2D eigenvalue weighted by Gasteiger charge is -2.13. The maximum absolute atomic E-state index is 4.26. The first-order chi connectivity index (χ1) is 6.34. The Morgan fingerprint density at radius 1 is 1.31 bits per heavy atom.